The molecule has 4 heteroatoms. The second kappa shape index (κ2) is 9.45. The van der Waals surface area contributed by atoms with Gasteiger partial charge < -0.3 is 10.1 Å². The van der Waals surface area contributed by atoms with Crippen LogP contribution in [0.2, 0.25) is 0 Å². The normalized spacial score (nSPS) is 20.4. The van der Waals surface area contributed by atoms with E-state index < -0.39 is 0 Å². The van der Waals surface area contributed by atoms with Gasteiger partial charge in [0.15, 0.2) is 5.78 Å². The summed E-state index contributed by atoms with van der Waals surface area (Å²) in [5.74, 6) is 1.54. The van der Waals surface area contributed by atoms with Crippen molar-refractivity contribution >= 4 is 11.7 Å². The summed E-state index contributed by atoms with van der Waals surface area (Å²) >= 11 is 0. The topological polar surface area (TPSA) is 55.4 Å². The molecule has 0 radical (unpaired) electrons. The standard InChI is InChI=1S/C20H29NO3/c1-3-14-24-18-10-6-16(7-11-18)19(22)12-13-20(23)21-17-8-4-15(2)5-9-17/h6-7,10-11,15,17H,3-5,8-9,12-14H2,1-2H3,(H,21,23). The molecule has 0 heterocycles. The van der Waals surface area contributed by atoms with E-state index in [1.54, 1.807) is 12.1 Å². The van der Waals surface area contributed by atoms with Crippen LogP contribution in [0.3, 0.4) is 0 Å². The van der Waals surface area contributed by atoms with Crippen LogP contribution in [0, 0.1) is 5.92 Å². The molecule has 24 heavy (non-hydrogen) atoms. The molecule has 2 rings (SSSR count). The van der Waals surface area contributed by atoms with Gasteiger partial charge >= 0.3 is 0 Å². The van der Waals surface area contributed by atoms with Gasteiger partial charge in [-0.2, -0.15) is 0 Å². The predicted molar refractivity (Wildman–Crippen MR) is 95.4 cm³/mol. The molecular weight excluding hydrogens is 302 g/mol. The van der Waals surface area contributed by atoms with E-state index in [1.165, 1.54) is 12.8 Å². The van der Waals surface area contributed by atoms with Crippen LogP contribution < -0.4 is 10.1 Å². The Hall–Kier alpha value is -1.84. The van der Waals surface area contributed by atoms with Gasteiger partial charge in [0.05, 0.1) is 6.61 Å². The minimum Gasteiger partial charge on any atom is -0.494 e. The number of benzene rings is 1. The maximum absolute atomic E-state index is 12.2. The fourth-order valence-electron chi connectivity index (χ4n) is 3.03. The number of amides is 1. The average Bonchev–Trinajstić information content (AvgIpc) is 2.60. The number of ketones is 1. The molecule has 4 nitrogen and oxygen atoms in total. The number of nitrogens with one attached hydrogen (secondary N) is 1. The molecular formula is C20H29NO3. The van der Waals surface area contributed by atoms with Crippen molar-refractivity contribution in [3.63, 3.8) is 0 Å². The Labute approximate surface area is 145 Å². The van der Waals surface area contributed by atoms with Crippen LogP contribution >= 0.6 is 0 Å². The van der Waals surface area contributed by atoms with Crippen molar-refractivity contribution < 1.29 is 14.3 Å². The summed E-state index contributed by atoms with van der Waals surface area (Å²) in [6, 6.07) is 7.46. The number of carbonyl (C=O) groups excluding carboxylic acids is 2. The van der Waals surface area contributed by atoms with Crippen molar-refractivity contribution in [1.29, 1.82) is 0 Å². The number of rotatable bonds is 8. The summed E-state index contributed by atoms with van der Waals surface area (Å²) in [4.78, 5) is 24.2. The smallest absolute Gasteiger partial charge is 0.220 e. The summed E-state index contributed by atoms with van der Waals surface area (Å²) < 4.78 is 5.50. The zero-order chi connectivity index (χ0) is 17.4. The molecule has 0 unspecified atom stereocenters. The number of Topliss-reactive ketones (excluding diaryl/α,β-unsaturated/α-hetero) is 1. The molecule has 0 saturated heterocycles. The van der Waals surface area contributed by atoms with Crippen LogP contribution in [0.15, 0.2) is 24.3 Å². The molecule has 0 aromatic heterocycles. The molecule has 1 saturated carbocycles. The molecule has 0 spiro atoms. The van der Waals surface area contributed by atoms with Gasteiger partial charge in [0, 0.05) is 24.4 Å². The van der Waals surface area contributed by atoms with Crippen molar-refractivity contribution in [2.24, 2.45) is 5.92 Å². The van der Waals surface area contributed by atoms with Crippen LogP contribution in [-0.2, 0) is 4.79 Å². The van der Waals surface area contributed by atoms with Crippen molar-refractivity contribution in [2.45, 2.75) is 64.8 Å². The minimum atomic E-state index is -0.00852. The van der Waals surface area contributed by atoms with Crippen molar-refractivity contribution in [3.05, 3.63) is 29.8 Å². The third-order valence-corrected chi connectivity index (χ3v) is 4.61. The van der Waals surface area contributed by atoms with Gasteiger partial charge in [0.25, 0.3) is 0 Å². The Balaban J connectivity index is 1.72. The molecule has 1 amide bonds. The van der Waals surface area contributed by atoms with E-state index in [9.17, 15) is 9.59 Å². The van der Waals surface area contributed by atoms with E-state index in [4.69, 9.17) is 4.74 Å². The monoisotopic (exact) mass is 331 g/mol. The maximum Gasteiger partial charge on any atom is 0.220 e. The van der Waals surface area contributed by atoms with Crippen molar-refractivity contribution in [3.8, 4) is 5.75 Å². The number of hydrogen-bond acceptors (Lipinski definition) is 3. The summed E-state index contributed by atoms with van der Waals surface area (Å²) in [6.07, 6.45) is 5.94. The fourth-order valence-corrected chi connectivity index (χ4v) is 3.03. The summed E-state index contributed by atoms with van der Waals surface area (Å²) in [5, 5.41) is 3.07. The Morgan fingerprint density at radius 1 is 1.08 bits per heavy atom. The quantitative estimate of drug-likeness (QED) is 0.729. The van der Waals surface area contributed by atoms with Gasteiger partial charge in [-0.05, 0) is 62.3 Å². The van der Waals surface area contributed by atoms with E-state index >= 15 is 0 Å². The second-order valence-corrected chi connectivity index (χ2v) is 6.82. The largest absolute Gasteiger partial charge is 0.494 e. The zero-order valence-electron chi connectivity index (χ0n) is 14.8. The number of ether oxygens (including phenoxy) is 1. The molecule has 1 aliphatic carbocycles. The third-order valence-electron chi connectivity index (χ3n) is 4.61. The maximum atomic E-state index is 12.2. The van der Waals surface area contributed by atoms with Crippen LogP contribution in [-0.4, -0.2) is 24.3 Å². The summed E-state index contributed by atoms with van der Waals surface area (Å²) in [6.45, 7) is 4.99. The first-order chi connectivity index (χ1) is 11.6. The second-order valence-electron chi connectivity index (χ2n) is 6.82. The molecule has 1 aromatic carbocycles. The van der Waals surface area contributed by atoms with E-state index in [1.807, 2.05) is 12.1 Å². The molecule has 0 aliphatic heterocycles. The van der Waals surface area contributed by atoms with E-state index in [-0.39, 0.29) is 24.5 Å². The Kier molecular flexibility index (Phi) is 7.29. The zero-order valence-corrected chi connectivity index (χ0v) is 14.8. The third kappa shape index (κ3) is 5.99. The summed E-state index contributed by atoms with van der Waals surface area (Å²) in [7, 11) is 0. The van der Waals surface area contributed by atoms with Crippen LogP contribution in [0.5, 0.6) is 5.75 Å². The molecule has 1 N–H and O–H groups in total. The lowest BCUT2D eigenvalue weighted by Crippen LogP contribution is -2.37. The van der Waals surface area contributed by atoms with Gasteiger partial charge in [-0.1, -0.05) is 13.8 Å². The van der Waals surface area contributed by atoms with Crippen molar-refractivity contribution in [2.75, 3.05) is 6.61 Å². The van der Waals surface area contributed by atoms with E-state index in [0.717, 1.165) is 30.9 Å². The van der Waals surface area contributed by atoms with Gasteiger partial charge in [-0.3, -0.25) is 9.59 Å². The highest BCUT2D eigenvalue weighted by atomic mass is 16.5. The molecule has 1 aromatic rings. The van der Waals surface area contributed by atoms with Crippen LogP contribution in [0.25, 0.3) is 0 Å². The lowest BCUT2D eigenvalue weighted by atomic mass is 9.87. The van der Waals surface area contributed by atoms with Gasteiger partial charge in [-0.15, -0.1) is 0 Å². The Morgan fingerprint density at radius 2 is 1.75 bits per heavy atom. The van der Waals surface area contributed by atoms with Crippen molar-refractivity contribution in [1.82, 2.24) is 5.32 Å². The van der Waals surface area contributed by atoms with E-state index in [0.29, 0.717) is 18.2 Å². The number of carbonyl (C=O) groups is 2. The lowest BCUT2D eigenvalue weighted by molar-refractivity contribution is -0.122. The van der Waals surface area contributed by atoms with Gasteiger partial charge in [0.1, 0.15) is 5.75 Å². The van der Waals surface area contributed by atoms with Crippen LogP contribution in [0.4, 0.5) is 0 Å². The highest BCUT2D eigenvalue weighted by molar-refractivity contribution is 5.98. The minimum absolute atomic E-state index is 0.00413. The molecule has 0 atom stereocenters. The highest BCUT2D eigenvalue weighted by Crippen LogP contribution is 2.23. The Morgan fingerprint density at radius 3 is 2.38 bits per heavy atom. The van der Waals surface area contributed by atoms with Gasteiger partial charge in [0.2, 0.25) is 5.91 Å². The summed E-state index contributed by atoms with van der Waals surface area (Å²) in [5.41, 5.74) is 0.637. The molecule has 1 aliphatic rings. The first kappa shape index (κ1) is 18.5. The number of hydrogen-bond donors (Lipinski definition) is 1. The first-order valence-corrected chi connectivity index (χ1v) is 9.14. The average molecular weight is 331 g/mol. The predicted octanol–water partition coefficient (Wildman–Crippen LogP) is 4.13. The van der Waals surface area contributed by atoms with E-state index in [2.05, 4.69) is 19.2 Å². The van der Waals surface area contributed by atoms with Crippen LogP contribution in [0.1, 0.15) is 69.2 Å². The highest BCUT2D eigenvalue weighted by Gasteiger charge is 2.20. The Bertz CT molecular complexity index is 530. The molecule has 132 valence electrons. The first-order valence-electron chi connectivity index (χ1n) is 9.14. The molecule has 1 fully saturated rings. The SMILES string of the molecule is CCCOc1ccc(C(=O)CCC(=O)NC2CCC(C)CC2)cc1. The lowest BCUT2D eigenvalue weighted by Gasteiger charge is -2.26. The van der Waals surface area contributed by atoms with Gasteiger partial charge in [-0.25, -0.2) is 0 Å². The fraction of sp³-hybridized carbons (Fsp3) is 0.600. The molecule has 0 bridgehead atoms.